The van der Waals surface area contributed by atoms with Crippen molar-refractivity contribution in [2.75, 3.05) is 25.9 Å². The molecule has 0 spiro atoms. The van der Waals surface area contributed by atoms with Gasteiger partial charge in [-0.05, 0) is 55.1 Å². The number of halogens is 3. The number of aromatic nitrogens is 3. The van der Waals surface area contributed by atoms with Crippen LogP contribution in [0, 0.1) is 0 Å². The van der Waals surface area contributed by atoms with Crippen LogP contribution in [0.2, 0.25) is 0 Å². The van der Waals surface area contributed by atoms with Gasteiger partial charge in [0.15, 0.2) is 10.5 Å². The molecule has 0 amide bonds. The lowest BCUT2D eigenvalue weighted by atomic mass is 10.0. The molecule has 1 N–H and O–H groups in total. The zero-order chi connectivity index (χ0) is 26.2. The number of alkyl halides is 3. The van der Waals surface area contributed by atoms with E-state index in [0.717, 1.165) is 36.4 Å². The molecule has 5 rings (SSSR count). The molecular weight excluding hydrogens is 501 g/mol. The summed E-state index contributed by atoms with van der Waals surface area (Å²) in [5, 5.41) is 4.30. The van der Waals surface area contributed by atoms with Gasteiger partial charge >= 0.3 is 6.18 Å². The van der Waals surface area contributed by atoms with Gasteiger partial charge in [-0.25, -0.2) is 9.50 Å². The summed E-state index contributed by atoms with van der Waals surface area (Å²) in [6, 6.07) is 11.2. The van der Waals surface area contributed by atoms with Gasteiger partial charge in [-0.1, -0.05) is 34.9 Å². The number of hydrogen-bond acceptors (Lipinski definition) is 4. The van der Waals surface area contributed by atoms with Crippen LogP contribution in [-0.4, -0.2) is 49.9 Å². The van der Waals surface area contributed by atoms with Crippen LogP contribution < -0.4 is 0 Å². The number of rotatable bonds is 6. The SMILES string of the molecule is C[S+](=O)(O)c1cc(-c2cnn3cc(-c4ccc(CCN5CCCCC5)cc4)cnc23)cc(C(F)(F)F)c1. The van der Waals surface area contributed by atoms with Crippen molar-refractivity contribution in [3.05, 3.63) is 72.2 Å². The van der Waals surface area contributed by atoms with Crippen LogP contribution in [0.5, 0.6) is 0 Å². The zero-order valence-electron chi connectivity index (χ0n) is 20.4. The van der Waals surface area contributed by atoms with E-state index < -0.39 is 22.0 Å². The minimum atomic E-state index is -4.67. The van der Waals surface area contributed by atoms with Gasteiger partial charge in [0.1, 0.15) is 6.26 Å². The minimum Gasteiger partial charge on any atom is -0.303 e. The van der Waals surface area contributed by atoms with Gasteiger partial charge in [0.2, 0.25) is 10.2 Å². The number of hydrogen-bond donors (Lipinski definition) is 1. The molecule has 2 aromatic heterocycles. The number of benzene rings is 2. The molecule has 0 radical (unpaired) electrons. The Bertz CT molecular complexity index is 1460. The van der Waals surface area contributed by atoms with Gasteiger partial charge < -0.3 is 4.90 Å². The first kappa shape index (κ1) is 25.6. The lowest BCUT2D eigenvalue weighted by Gasteiger charge is -2.26. The molecule has 6 nitrogen and oxygen atoms in total. The number of likely N-dealkylation sites (tertiary alicyclic amines) is 1. The number of fused-ring (bicyclic) bond motifs is 1. The summed E-state index contributed by atoms with van der Waals surface area (Å²) in [5.41, 5.74) is 2.87. The second-order valence-corrected chi connectivity index (χ2v) is 11.6. The quantitative estimate of drug-likeness (QED) is 0.307. The molecular formula is C27H28F3N4O2S+. The molecule has 1 saturated heterocycles. The van der Waals surface area contributed by atoms with E-state index in [1.807, 2.05) is 12.1 Å². The van der Waals surface area contributed by atoms with Gasteiger partial charge in [0, 0.05) is 42.2 Å². The topological polar surface area (TPSA) is 70.7 Å². The van der Waals surface area contributed by atoms with Crippen molar-refractivity contribution >= 4 is 15.9 Å². The predicted octanol–water partition coefficient (Wildman–Crippen LogP) is 6.07. The molecule has 1 atom stereocenters. The van der Waals surface area contributed by atoms with Gasteiger partial charge in [0.05, 0.1) is 11.8 Å². The van der Waals surface area contributed by atoms with Crippen molar-refractivity contribution in [3.8, 4) is 22.3 Å². The number of nitrogens with zero attached hydrogens (tertiary/aromatic N) is 4. The fourth-order valence-electron chi connectivity index (χ4n) is 4.70. The molecule has 1 aliphatic rings. The first-order chi connectivity index (χ1) is 17.6. The van der Waals surface area contributed by atoms with Crippen molar-refractivity contribution < 1.29 is 21.9 Å². The van der Waals surface area contributed by atoms with Crippen LogP contribution in [-0.2, 0) is 27.0 Å². The molecule has 1 aliphatic heterocycles. The number of piperidine rings is 1. The van der Waals surface area contributed by atoms with Crippen LogP contribution in [0.3, 0.4) is 0 Å². The van der Waals surface area contributed by atoms with E-state index in [2.05, 4.69) is 27.1 Å². The summed E-state index contributed by atoms with van der Waals surface area (Å²) < 4.78 is 64.0. The van der Waals surface area contributed by atoms with Crippen molar-refractivity contribution in [2.45, 2.75) is 36.8 Å². The highest BCUT2D eigenvalue weighted by atomic mass is 32.3. The molecule has 1 fully saturated rings. The van der Waals surface area contributed by atoms with Crippen molar-refractivity contribution in [3.63, 3.8) is 0 Å². The van der Waals surface area contributed by atoms with E-state index in [9.17, 15) is 21.9 Å². The molecule has 1 unspecified atom stereocenters. The molecule has 0 aliphatic carbocycles. The monoisotopic (exact) mass is 529 g/mol. The smallest absolute Gasteiger partial charge is 0.303 e. The van der Waals surface area contributed by atoms with E-state index >= 15 is 0 Å². The summed E-state index contributed by atoms with van der Waals surface area (Å²) in [4.78, 5) is 6.69. The van der Waals surface area contributed by atoms with Crippen LogP contribution in [0.4, 0.5) is 13.2 Å². The second-order valence-electron chi connectivity index (χ2n) is 9.56. The molecule has 2 aromatic carbocycles. The van der Waals surface area contributed by atoms with E-state index in [-0.39, 0.29) is 10.5 Å². The fourth-order valence-corrected chi connectivity index (χ4v) is 5.39. The Kier molecular flexibility index (Phi) is 6.91. The summed E-state index contributed by atoms with van der Waals surface area (Å²) in [7, 11) is -3.61. The minimum absolute atomic E-state index is 0.127. The maximum Gasteiger partial charge on any atom is 0.416 e. The Balaban J connectivity index is 1.41. The first-order valence-corrected chi connectivity index (χ1v) is 14.1. The molecule has 37 heavy (non-hydrogen) atoms. The highest BCUT2D eigenvalue weighted by molar-refractivity contribution is 7.97. The van der Waals surface area contributed by atoms with Crippen molar-refractivity contribution in [1.82, 2.24) is 19.5 Å². The molecule has 3 heterocycles. The molecule has 0 saturated carbocycles. The van der Waals surface area contributed by atoms with E-state index in [0.29, 0.717) is 17.3 Å². The maximum absolute atomic E-state index is 13.5. The average molecular weight is 530 g/mol. The summed E-state index contributed by atoms with van der Waals surface area (Å²) in [5.74, 6) is 0. The van der Waals surface area contributed by atoms with Gasteiger partial charge in [-0.3, -0.25) is 0 Å². The Labute approximate surface area is 214 Å². The Morgan fingerprint density at radius 3 is 2.38 bits per heavy atom. The largest absolute Gasteiger partial charge is 0.416 e. The van der Waals surface area contributed by atoms with Gasteiger partial charge in [-0.15, -0.1) is 0 Å². The molecule has 10 heteroatoms. The van der Waals surface area contributed by atoms with Crippen LogP contribution in [0.25, 0.3) is 27.9 Å². The summed E-state index contributed by atoms with van der Waals surface area (Å²) in [6.45, 7) is 3.41. The molecule has 0 bridgehead atoms. The van der Waals surface area contributed by atoms with E-state index in [1.54, 1.807) is 12.4 Å². The summed E-state index contributed by atoms with van der Waals surface area (Å²) >= 11 is 0. The maximum atomic E-state index is 13.5. The highest BCUT2D eigenvalue weighted by Crippen LogP contribution is 2.36. The Hall–Kier alpha value is -3.08. The van der Waals surface area contributed by atoms with E-state index in [4.69, 9.17) is 0 Å². The second kappa shape index (κ2) is 10.00. The fraction of sp³-hybridized carbons (Fsp3) is 0.333. The third-order valence-electron chi connectivity index (χ3n) is 6.79. The van der Waals surface area contributed by atoms with Crippen LogP contribution in [0.1, 0.15) is 30.4 Å². The van der Waals surface area contributed by atoms with Gasteiger partial charge in [0.25, 0.3) is 0 Å². The van der Waals surface area contributed by atoms with Crippen molar-refractivity contribution in [2.24, 2.45) is 0 Å². The lowest BCUT2D eigenvalue weighted by Crippen LogP contribution is -2.31. The third kappa shape index (κ3) is 5.76. The normalized spacial score (nSPS) is 16.7. The highest BCUT2D eigenvalue weighted by Gasteiger charge is 2.35. The van der Waals surface area contributed by atoms with Gasteiger partial charge in [-0.2, -0.15) is 22.8 Å². The standard InChI is InChI=1S/C27H27F3N4O2S/c1-37(35,36)24-14-21(13-23(15-24)27(28,29)30)25-17-32-34-18-22(16-31-26(25)34)20-7-5-19(6-8-20)9-12-33-10-3-2-4-11-33/h5-8,13-18H,2-4,9-12H2,1H3/p+1. The zero-order valence-corrected chi connectivity index (χ0v) is 21.2. The van der Waals surface area contributed by atoms with E-state index in [1.165, 1.54) is 54.7 Å². The first-order valence-electron chi connectivity index (χ1n) is 12.2. The predicted molar refractivity (Wildman–Crippen MR) is 138 cm³/mol. The summed E-state index contributed by atoms with van der Waals surface area (Å²) in [6.07, 6.45) is 6.06. The molecule has 194 valence electrons. The Morgan fingerprint density at radius 2 is 1.70 bits per heavy atom. The van der Waals surface area contributed by atoms with Crippen LogP contribution in [0.15, 0.2) is 66.0 Å². The lowest BCUT2D eigenvalue weighted by molar-refractivity contribution is -0.137. The Morgan fingerprint density at radius 1 is 0.973 bits per heavy atom. The third-order valence-corrected chi connectivity index (χ3v) is 7.90. The van der Waals surface area contributed by atoms with Crippen LogP contribution >= 0.6 is 0 Å². The molecule has 4 aromatic rings. The van der Waals surface area contributed by atoms with Crippen molar-refractivity contribution in [1.29, 1.82) is 0 Å². The average Bonchev–Trinajstić information content (AvgIpc) is 3.30.